The molecule has 0 spiro atoms. The summed E-state index contributed by atoms with van der Waals surface area (Å²) in [5, 5.41) is 3.53. The lowest BCUT2D eigenvalue weighted by molar-refractivity contribution is 0.143. The van der Waals surface area contributed by atoms with Crippen molar-refractivity contribution in [2.24, 2.45) is 0 Å². The standard InChI is InChI=1S/C16H27NO2/c1-5-9-15(17-7-3)16(6-2)19-14-11-8-10-13(12-14)18-4/h8,10-12,15-17H,5-7,9H2,1-4H3. The second-order valence-electron chi connectivity index (χ2n) is 4.70. The van der Waals surface area contributed by atoms with E-state index in [0.717, 1.165) is 37.3 Å². The molecule has 19 heavy (non-hydrogen) atoms. The maximum Gasteiger partial charge on any atom is 0.123 e. The van der Waals surface area contributed by atoms with Crippen LogP contribution in [-0.2, 0) is 0 Å². The lowest BCUT2D eigenvalue weighted by atomic mass is 10.0. The highest BCUT2D eigenvalue weighted by atomic mass is 16.5. The number of methoxy groups -OCH3 is 1. The number of likely N-dealkylation sites (N-methyl/N-ethyl adjacent to an activating group) is 1. The van der Waals surface area contributed by atoms with Gasteiger partial charge in [0.2, 0.25) is 0 Å². The molecule has 0 aliphatic rings. The van der Waals surface area contributed by atoms with Crippen LogP contribution in [0.15, 0.2) is 24.3 Å². The third-order valence-electron chi connectivity index (χ3n) is 3.25. The van der Waals surface area contributed by atoms with Crippen LogP contribution < -0.4 is 14.8 Å². The Bertz CT molecular complexity index is 348. The van der Waals surface area contributed by atoms with E-state index in [1.165, 1.54) is 0 Å². The molecule has 3 heteroatoms. The fraction of sp³-hybridized carbons (Fsp3) is 0.625. The summed E-state index contributed by atoms with van der Waals surface area (Å²) in [6.07, 6.45) is 3.49. The molecule has 0 aromatic heterocycles. The second kappa shape index (κ2) is 8.81. The fourth-order valence-corrected chi connectivity index (χ4v) is 2.29. The zero-order valence-electron chi connectivity index (χ0n) is 12.6. The molecular weight excluding hydrogens is 238 g/mol. The van der Waals surface area contributed by atoms with E-state index in [1.54, 1.807) is 7.11 Å². The minimum Gasteiger partial charge on any atom is -0.497 e. The van der Waals surface area contributed by atoms with E-state index < -0.39 is 0 Å². The zero-order chi connectivity index (χ0) is 14.1. The van der Waals surface area contributed by atoms with Crippen LogP contribution in [0.5, 0.6) is 11.5 Å². The number of hydrogen-bond donors (Lipinski definition) is 1. The van der Waals surface area contributed by atoms with E-state index >= 15 is 0 Å². The van der Waals surface area contributed by atoms with Crippen molar-refractivity contribution in [3.8, 4) is 11.5 Å². The summed E-state index contributed by atoms with van der Waals surface area (Å²) < 4.78 is 11.4. The SMILES string of the molecule is CCCC(NCC)C(CC)Oc1cccc(OC)c1. The van der Waals surface area contributed by atoms with Crippen molar-refractivity contribution in [2.75, 3.05) is 13.7 Å². The highest BCUT2D eigenvalue weighted by molar-refractivity contribution is 5.33. The van der Waals surface area contributed by atoms with Crippen molar-refractivity contribution in [1.82, 2.24) is 5.32 Å². The molecule has 1 rings (SSSR count). The van der Waals surface area contributed by atoms with Crippen LogP contribution >= 0.6 is 0 Å². The van der Waals surface area contributed by atoms with Crippen molar-refractivity contribution in [1.29, 1.82) is 0 Å². The van der Waals surface area contributed by atoms with Crippen LogP contribution in [0.2, 0.25) is 0 Å². The number of nitrogens with one attached hydrogen (secondary N) is 1. The van der Waals surface area contributed by atoms with Gasteiger partial charge in [-0.25, -0.2) is 0 Å². The van der Waals surface area contributed by atoms with Crippen molar-refractivity contribution in [2.45, 2.75) is 52.2 Å². The largest absolute Gasteiger partial charge is 0.497 e. The van der Waals surface area contributed by atoms with Crippen LogP contribution in [0.4, 0.5) is 0 Å². The summed E-state index contributed by atoms with van der Waals surface area (Å²) in [7, 11) is 1.68. The average molecular weight is 265 g/mol. The van der Waals surface area contributed by atoms with Gasteiger partial charge < -0.3 is 14.8 Å². The Kier molecular flexibility index (Phi) is 7.34. The van der Waals surface area contributed by atoms with Gasteiger partial charge in [-0.1, -0.05) is 33.3 Å². The van der Waals surface area contributed by atoms with E-state index in [0.29, 0.717) is 6.04 Å². The van der Waals surface area contributed by atoms with Gasteiger partial charge >= 0.3 is 0 Å². The molecule has 108 valence electrons. The first-order chi connectivity index (χ1) is 9.24. The number of hydrogen-bond acceptors (Lipinski definition) is 3. The molecule has 0 saturated carbocycles. The van der Waals surface area contributed by atoms with Crippen molar-refractivity contribution in [3.05, 3.63) is 24.3 Å². The van der Waals surface area contributed by atoms with E-state index in [9.17, 15) is 0 Å². The van der Waals surface area contributed by atoms with Gasteiger partial charge in [-0.3, -0.25) is 0 Å². The molecule has 0 bridgehead atoms. The van der Waals surface area contributed by atoms with E-state index in [1.807, 2.05) is 24.3 Å². The minimum absolute atomic E-state index is 0.201. The molecule has 1 aromatic rings. The van der Waals surface area contributed by atoms with Crippen molar-refractivity contribution in [3.63, 3.8) is 0 Å². The topological polar surface area (TPSA) is 30.5 Å². The lowest BCUT2D eigenvalue weighted by Crippen LogP contribution is -2.42. The van der Waals surface area contributed by atoms with Crippen LogP contribution in [0.3, 0.4) is 0 Å². The molecule has 0 saturated heterocycles. The molecule has 2 unspecified atom stereocenters. The Morgan fingerprint density at radius 2 is 1.89 bits per heavy atom. The number of benzene rings is 1. The molecule has 0 aliphatic heterocycles. The first-order valence-electron chi connectivity index (χ1n) is 7.29. The van der Waals surface area contributed by atoms with Crippen molar-refractivity contribution < 1.29 is 9.47 Å². The maximum absolute atomic E-state index is 6.13. The predicted octanol–water partition coefficient (Wildman–Crippen LogP) is 3.63. The minimum atomic E-state index is 0.201. The summed E-state index contributed by atoms with van der Waals surface area (Å²) >= 11 is 0. The number of ether oxygens (including phenoxy) is 2. The van der Waals surface area contributed by atoms with E-state index in [4.69, 9.17) is 9.47 Å². The molecule has 0 heterocycles. The van der Waals surface area contributed by atoms with Gasteiger partial charge in [-0.05, 0) is 31.5 Å². The monoisotopic (exact) mass is 265 g/mol. The van der Waals surface area contributed by atoms with Crippen LogP contribution in [0.25, 0.3) is 0 Å². The molecule has 2 atom stereocenters. The molecular formula is C16H27NO2. The molecule has 0 radical (unpaired) electrons. The Hall–Kier alpha value is -1.22. The molecule has 1 aromatic carbocycles. The molecule has 0 fully saturated rings. The predicted molar refractivity (Wildman–Crippen MR) is 80.1 cm³/mol. The summed E-state index contributed by atoms with van der Waals surface area (Å²) in [5.74, 6) is 1.72. The van der Waals surface area contributed by atoms with Crippen LogP contribution in [0.1, 0.15) is 40.0 Å². The lowest BCUT2D eigenvalue weighted by Gasteiger charge is -2.27. The molecule has 0 aliphatic carbocycles. The van der Waals surface area contributed by atoms with E-state index in [-0.39, 0.29) is 6.10 Å². The van der Waals surface area contributed by atoms with Gasteiger partial charge in [-0.15, -0.1) is 0 Å². The maximum atomic E-state index is 6.13. The first-order valence-corrected chi connectivity index (χ1v) is 7.29. The summed E-state index contributed by atoms with van der Waals surface area (Å²) in [5.41, 5.74) is 0. The molecule has 3 nitrogen and oxygen atoms in total. The molecule has 0 amide bonds. The van der Waals surface area contributed by atoms with Crippen LogP contribution in [-0.4, -0.2) is 25.8 Å². The Morgan fingerprint density at radius 3 is 2.47 bits per heavy atom. The zero-order valence-corrected chi connectivity index (χ0v) is 12.6. The highest BCUT2D eigenvalue weighted by Crippen LogP contribution is 2.22. The Morgan fingerprint density at radius 1 is 1.16 bits per heavy atom. The first kappa shape index (κ1) is 15.8. The van der Waals surface area contributed by atoms with Gasteiger partial charge in [0.1, 0.15) is 17.6 Å². The summed E-state index contributed by atoms with van der Waals surface area (Å²) in [6, 6.07) is 8.23. The van der Waals surface area contributed by atoms with E-state index in [2.05, 4.69) is 26.1 Å². The van der Waals surface area contributed by atoms with Gasteiger partial charge in [0.25, 0.3) is 0 Å². The smallest absolute Gasteiger partial charge is 0.123 e. The second-order valence-corrected chi connectivity index (χ2v) is 4.70. The Labute approximate surface area is 117 Å². The fourth-order valence-electron chi connectivity index (χ4n) is 2.29. The normalized spacial score (nSPS) is 13.9. The quantitative estimate of drug-likeness (QED) is 0.739. The van der Waals surface area contributed by atoms with Crippen molar-refractivity contribution >= 4 is 0 Å². The third-order valence-corrected chi connectivity index (χ3v) is 3.25. The van der Waals surface area contributed by atoms with Gasteiger partial charge in [0.15, 0.2) is 0 Å². The van der Waals surface area contributed by atoms with Gasteiger partial charge in [0, 0.05) is 12.1 Å². The summed E-state index contributed by atoms with van der Waals surface area (Å²) in [6.45, 7) is 7.50. The highest BCUT2D eigenvalue weighted by Gasteiger charge is 2.20. The third kappa shape index (κ3) is 5.11. The average Bonchev–Trinajstić information content (AvgIpc) is 2.45. The van der Waals surface area contributed by atoms with Gasteiger partial charge in [-0.2, -0.15) is 0 Å². The Balaban J connectivity index is 2.72. The number of rotatable bonds is 9. The van der Waals surface area contributed by atoms with Gasteiger partial charge in [0.05, 0.1) is 7.11 Å². The molecule has 1 N–H and O–H groups in total. The summed E-state index contributed by atoms with van der Waals surface area (Å²) in [4.78, 5) is 0. The van der Waals surface area contributed by atoms with Crippen LogP contribution in [0, 0.1) is 0 Å².